The summed E-state index contributed by atoms with van der Waals surface area (Å²) in [5, 5.41) is 1.48. The standard InChI is InChI=1S/C18H26N2S.2ClH/c1-5-20-16-9-7-6-8-14(16)15-10-13-21-18(2,17(15)20)11-12-19(3)4;;/h6-9H,5,10-13H2,1-4H3;2*1H. The topological polar surface area (TPSA) is 8.17 Å². The number of thioether (sulfide) groups is 1. The lowest BCUT2D eigenvalue weighted by atomic mass is 9.95. The molecule has 5 heteroatoms. The molecule has 0 saturated heterocycles. The van der Waals surface area contributed by atoms with Gasteiger partial charge < -0.3 is 9.47 Å². The van der Waals surface area contributed by atoms with E-state index in [1.54, 1.807) is 11.3 Å². The second-order valence-corrected chi connectivity index (χ2v) is 8.07. The van der Waals surface area contributed by atoms with E-state index in [4.69, 9.17) is 0 Å². The van der Waals surface area contributed by atoms with Gasteiger partial charge in [-0.25, -0.2) is 0 Å². The molecule has 2 nitrogen and oxygen atoms in total. The van der Waals surface area contributed by atoms with Gasteiger partial charge >= 0.3 is 0 Å². The molecular weight excluding hydrogens is 347 g/mol. The Morgan fingerprint density at radius 3 is 2.57 bits per heavy atom. The Hall–Kier alpha value is -0.350. The van der Waals surface area contributed by atoms with E-state index >= 15 is 0 Å². The highest BCUT2D eigenvalue weighted by Gasteiger charge is 2.37. The van der Waals surface area contributed by atoms with E-state index in [9.17, 15) is 0 Å². The van der Waals surface area contributed by atoms with Crippen LogP contribution in [0.15, 0.2) is 24.3 Å². The highest BCUT2D eigenvalue weighted by atomic mass is 35.5. The zero-order chi connectivity index (χ0) is 15.0. The maximum Gasteiger partial charge on any atom is 0.0547 e. The predicted molar refractivity (Wildman–Crippen MR) is 109 cm³/mol. The Bertz CT molecular complexity index is 621. The third-order valence-corrected chi connectivity index (χ3v) is 6.14. The summed E-state index contributed by atoms with van der Waals surface area (Å²) in [7, 11) is 4.35. The summed E-state index contributed by atoms with van der Waals surface area (Å²) in [6, 6.07) is 8.95. The minimum atomic E-state index is 0. The van der Waals surface area contributed by atoms with Gasteiger partial charge in [0, 0.05) is 23.1 Å². The van der Waals surface area contributed by atoms with Crippen molar-refractivity contribution in [3.8, 4) is 0 Å². The summed E-state index contributed by atoms with van der Waals surface area (Å²) >= 11 is 2.15. The molecule has 0 amide bonds. The number of hydrogen-bond donors (Lipinski definition) is 0. The second kappa shape index (κ2) is 8.15. The van der Waals surface area contributed by atoms with Gasteiger partial charge in [0.05, 0.1) is 4.75 Å². The summed E-state index contributed by atoms with van der Waals surface area (Å²) < 4.78 is 2.80. The van der Waals surface area contributed by atoms with Crippen LogP contribution >= 0.6 is 36.6 Å². The molecule has 3 rings (SSSR count). The van der Waals surface area contributed by atoms with Crippen molar-refractivity contribution < 1.29 is 0 Å². The third kappa shape index (κ3) is 3.68. The number of hydrogen-bond acceptors (Lipinski definition) is 2. The highest BCUT2D eigenvalue weighted by Crippen LogP contribution is 2.48. The lowest BCUT2D eigenvalue weighted by Gasteiger charge is -2.36. The van der Waals surface area contributed by atoms with Crippen molar-refractivity contribution in [3.63, 3.8) is 0 Å². The van der Waals surface area contributed by atoms with Crippen molar-refractivity contribution in [2.45, 2.75) is 38.0 Å². The van der Waals surface area contributed by atoms with Crippen molar-refractivity contribution in [1.82, 2.24) is 9.47 Å². The Morgan fingerprint density at radius 2 is 1.91 bits per heavy atom. The van der Waals surface area contributed by atoms with Crippen LogP contribution in [0.5, 0.6) is 0 Å². The van der Waals surface area contributed by atoms with Gasteiger partial charge in [-0.3, -0.25) is 0 Å². The molecule has 1 aliphatic heterocycles. The molecule has 23 heavy (non-hydrogen) atoms. The van der Waals surface area contributed by atoms with Crippen molar-refractivity contribution in [2.24, 2.45) is 0 Å². The molecule has 0 aliphatic carbocycles. The maximum atomic E-state index is 2.56. The minimum Gasteiger partial charge on any atom is -0.343 e. The van der Waals surface area contributed by atoms with Crippen molar-refractivity contribution in [3.05, 3.63) is 35.5 Å². The number of nitrogens with zero attached hydrogens (tertiary/aromatic N) is 2. The average Bonchev–Trinajstić information content (AvgIpc) is 2.81. The van der Waals surface area contributed by atoms with Gasteiger partial charge in [0.25, 0.3) is 0 Å². The van der Waals surface area contributed by atoms with Gasteiger partial charge in [0.15, 0.2) is 0 Å². The average molecular weight is 375 g/mol. The van der Waals surface area contributed by atoms with E-state index in [1.807, 2.05) is 0 Å². The van der Waals surface area contributed by atoms with E-state index in [1.165, 1.54) is 29.5 Å². The van der Waals surface area contributed by atoms with Gasteiger partial charge in [0.1, 0.15) is 0 Å². The molecule has 0 saturated carbocycles. The molecule has 0 radical (unpaired) electrons. The van der Waals surface area contributed by atoms with Gasteiger partial charge in [-0.05, 0) is 64.7 Å². The Kier molecular flexibility index (Phi) is 7.34. The van der Waals surface area contributed by atoms with E-state index < -0.39 is 0 Å². The van der Waals surface area contributed by atoms with Crippen molar-refractivity contribution in [1.29, 1.82) is 0 Å². The summed E-state index contributed by atoms with van der Waals surface area (Å²) in [5.74, 6) is 1.24. The fourth-order valence-corrected chi connectivity index (χ4v) is 5.00. The first-order valence-corrected chi connectivity index (χ1v) is 8.94. The number of rotatable bonds is 4. The minimum absolute atomic E-state index is 0. The normalized spacial score (nSPS) is 20.0. The number of fused-ring (bicyclic) bond motifs is 3. The molecule has 2 heterocycles. The number of halogens is 2. The van der Waals surface area contributed by atoms with Gasteiger partial charge in [-0.2, -0.15) is 0 Å². The quantitative estimate of drug-likeness (QED) is 0.746. The van der Waals surface area contributed by atoms with Gasteiger partial charge in [0.2, 0.25) is 0 Å². The predicted octanol–water partition coefficient (Wildman–Crippen LogP) is 4.96. The van der Waals surface area contributed by atoms with E-state index in [0.29, 0.717) is 0 Å². The monoisotopic (exact) mass is 374 g/mol. The smallest absolute Gasteiger partial charge is 0.0547 e. The molecule has 2 aromatic rings. The van der Waals surface area contributed by atoms with Gasteiger partial charge in [-0.15, -0.1) is 36.6 Å². The van der Waals surface area contributed by atoms with E-state index in [2.05, 4.69) is 73.4 Å². The third-order valence-electron chi connectivity index (χ3n) is 4.70. The maximum absolute atomic E-state index is 2.56. The molecule has 1 aromatic carbocycles. The molecule has 0 N–H and O–H groups in total. The summed E-state index contributed by atoms with van der Waals surface area (Å²) in [6.45, 7) is 6.94. The first kappa shape index (κ1) is 20.7. The van der Waals surface area contributed by atoms with Crippen LogP contribution in [0, 0.1) is 0 Å². The highest BCUT2D eigenvalue weighted by molar-refractivity contribution is 8.00. The first-order valence-electron chi connectivity index (χ1n) is 7.96. The Morgan fingerprint density at radius 1 is 1.22 bits per heavy atom. The molecule has 1 aliphatic rings. The van der Waals surface area contributed by atoms with E-state index in [0.717, 1.165) is 13.1 Å². The van der Waals surface area contributed by atoms with Crippen LogP contribution in [-0.4, -0.2) is 35.9 Å². The number of para-hydroxylation sites is 1. The number of aromatic nitrogens is 1. The summed E-state index contributed by atoms with van der Waals surface area (Å²) in [6.07, 6.45) is 2.43. The first-order chi connectivity index (χ1) is 10.1. The second-order valence-electron chi connectivity index (χ2n) is 6.47. The Labute approximate surface area is 156 Å². The van der Waals surface area contributed by atoms with Crippen LogP contribution in [0.3, 0.4) is 0 Å². The molecule has 0 bridgehead atoms. The molecule has 0 spiro atoms. The summed E-state index contributed by atoms with van der Waals surface area (Å²) in [4.78, 5) is 2.30. The van der Waals surface area contributed by atoms with Crippen LogP contribution in [0.25, 0.3) is 10.9 Å². The molecule has 0 fully saturated rings. The van der Waals surface area contributed by atoms with Crippen LogP contribution < -0.4 is 0 Å². The summed E-state index contributed by atoms with van der Waals surface area (Å²) in [5.41, 5.74) is 4.61. The van der Waals surface area contributed by atoms with Crippen LogP contribution in [-0.2, 0) is 17.7 Å². The largest absolute Gasteiger partial charge is 0.343 e. The molecule has 1 aromatic heterocycles. The van der Waals surface area contributed by atoms with Crippen LogP contribution in [0.4, 0.5) is 0 Å². The van der Waals surface area contributed by atoms with Crippen LogP contribution in [0.1, 0.15) is 31.5 Å². The number of aryl methyl sites for hydroxylation is 2. The SMILES string of the molecule is CCn1c2c(c3ccccc31)CCSC2(C)CCN(C)C.Cl.Cl. The lowest BCUT2D eigenvalue weighted by molar-refractivity contribution is 0.370. The molecule has 1 atom stereocenters. The van der Waals surface area contributed by atoms with Crippen molar-refractivity contribution >= 4 is 47.5 Å². The van der Waals surface area contributed by atoms with E-state index in [-0.39, 0.29) is 29.6 Å². The molecular formula is C18H28Cl2N2S. The Balaban J connectivity index is 0.00000132. The van der Waals surface area contributed by atoms with Crippen molar-refractivity contribution in [2.75, 3.05) is 26.4 Å². The molecule has 130 valence electrons. The number of benzene rings is 1. The van der Waals surface area contributed by atoms with Crippen LogP contribution in [0.2, 0.25) is 0 Å². The molecule has 1 unspecified atom stereocenters. The lowest BCUT2D eigenvalue weighted by Crippen LogP contribution is -2.31. The zero-order valence-corrected chi connectivity index (χ0v) is 16.9. The fraction of sp³-hybridized carbons (Fsp3) is 0.556. The van der Waals surface area contributed by atoms with Gasteiger partial charge in [-0.1, -0.05) is 18.2 Å². The zero-order valence-electron chi connectivity index (χ0n) is 14.5. The fourth-order valence-electron chi connectivity index (χ4n) is 3.64.